The normalized spacial score (nSPS) is 10.9. The highest BCUT2D eigenvalue weighted by Gasteiger charge is 2.21. The van der Waals surface area contributed by atoms with E-state index in [9.17, 15) is 4.79 Å². The third kappa shape index (κ3) is 2.16. The minimum Gasteiger partial charge on any atom is -0.479 e. The summed E-state index contributed by atoms with van der Waals surface area (Å²) in [6, 6.07) is 7.70. The van der Waals surface area contributed by atoms with E-state index >= 15 is 0 Å². The number of carboxylic acid groups (broad SMARTS) is 1. The maximum atomic E-state index is 10.9. The predicted molar refractivity (Wildman–Crippen MR) is 69.1 cm³/mol. The number of para-hydroxylation sites is 2. The summed E-state index contributed by atoms with van der Waals surface area (Å²) in [5, 5.41) is 8.95. The molecular weight excluding hydrogens is 230 g/mol. The zero-order chi connectivity index (χ0) is 13.1. The molecule has 0 spiro atoms. The zero-order valence-corrected chi connectivity index (χ0v) is 10.5. The van der Waals surface area contributed by atoms with Crippen molar-refractivity contribution in [1.82, 2.24) is 4.57 Å². The number of carbonyl (C=O) groups is 1. The highest BCUT2D eigenvalue weighted by molar-refractivity contribution is 5.75. The van der Waals surface area contributed by atoms with Crippen LogP contribution < -0.4 is 10.3 Å². The summed E-state index contributed by atoms with van der Waals surface area (Å²) in [4.78, 5) is 10.9. The molecule has 3 N–H and O–H groups in total. The van der Waals surface area contributed by atoms with Crippen LogP contribution in [0, 0.1) is 0 Å². The van der Waals surface area contributed by atoms with E-state index in [2.05, 4.69) is 6.92 Å². The Labute approximate surface area is 105 Å². The molecule has 0 amide bonds. The fraction of sp³-hybridized carbons (Fsp3) is 0.385. The van der Waals surface area contributed by atoms with Crippen molar-refractivity contribution >= 4 is 23.0 Å². The third-order valence-electron chi connectivity index (χ3n) is 3.05. The van der Waals surface area contributed by atoms with Gasteiger partial charge in [-0.15, -0.1) is 0 Å². The molecule has 0 unspecified atom stereocenters. The molecule has 0 aliphatic rings. The van der Waals surface area contributed by atoms with Crippen molar-refractivity contribution in [2.75, 3.05) is 5.73 Å². The fourth-order valence-electron chi connectivity index (χ4n) is 2.17. The number of aryl methyl sites for hydroxylation is 1. The van der Waals surface area contributed by atoms with Gasteiger partial charge < -0.3 is 5.11 Å². The van der Waals surface area contributed by atoms with Gasteiger partial charge in [0.2, 0.25) is 0 Å². The van der Waals surface area contributed by atoms with E-state index in [1.165, 1.54) is 0 Å². The number of aromatic nitrogens is 2. The molecular formula is C13H18N3O2+. The van der Waals surface area contributed by atoms with E-state index in [1.54, 1.807) is 4.57 Å². The number of rotatable bonds is 5. The Balaban J connectivity index is 2.55. The number of hydrogen-bond donors (Lipinski definition) is 2. The average Bonchev–Trinajstić information content (AvgIpc) is 2.60. The monoisotopic (exact) mass is 248 g/mol. The molecule has 0 aliphatic heterocycles. The van der Waals surface area contributed by atoms with Gasteiger partial charge in [0.05, 0.1) is 6.54 Å². The third-order valence-corrected chi connectivity index (χ3v) is 3.05. The van der Waals surface area contributed by atoms with Crippen LogP contribution in [0.2, 0.25) is 0 Å². The second kappa shape index (κ2) is 5.08. The molecule has 2 aromatic rings. The van der Waals surface area contributed by atoms with Crippen LogP contribution in [0.15, 0.2) is 24.3 Å². The van der Waals surface area contributed by atoms with Gasteiger partial charge in [-0.3, -0.25) is 5.73 Å². The first-order valence-corrected chi connectivity index (χ1v) is 6.13. The van der Waals surface area contributed by atoms with Crippen molar-refractivity contribution in [2.45, 2.75) is 32.9 Å². The van der Waals surface area contributed by atoms with Gasteiger partial charge in [0.25, 0.3) is 0 Å². The molecule has 0 fully saturated rings. The largest absolute Gasteiger partial charge is 0.479 e. The molecule has 0 saturated heterocycles. The van der Waals surface area contributed by atoms with Crippen molar-refractivity contribution in [3.63, 3.8) is 0 Å². The number of unbranched alkanes of at least 4 members (excludes halogenated alkanes) is 1. The van der Waals surface area contributed by atoms with E-state index in [0.29, 0.717) is 5.95 Å². The summed E-state index contributed by atoms with van der Waals surface area (Å²) < 4.78 is 3.63. The van der Waals surface area contributed by atoms with Gasteiger partial charge >= 0.3 is 11.9 Å². The molecule has 5 heteroatoms. The quantitative estimate of drug-likeness (QED) is 0.785. The fourth-order valence-corrected chi connectivity index (χ4v) is 2.17. The highest BCUT2D eigenvalue weighted by atomic mass is 16.4. The number of benzene rings is 1. The Kier molecular flexibility index (Phi) is 3.50. The summed E-state index contributed by atoms with van der Waals surface area (Å²) in [6.45, 7) is 2.83. The first kappa shape index (κ1) is 12.4. The van der Waals surface area contributed by atoms with Crippen LogP contribution in [-0.4, -0.2) is 15.6 Å². The average molecular weight is 248 g/mol. The van der Waals surface area contributed by atoms with E-state index in [-0.39, 0.29) is 6.54 Å². The lowest BCUT2D eigenvalue weighted by Gasteiger charge is -1.99. The smallest absolute Gasteiger partial charge is 0.356 e. The molecule has 1 aromatic carbocycles. The molecule has 2 rings (SSSR count). The van der Waals surface area contributed by atoms with Crippen LogP contribution in [0.3, 0.4) is 0 Å². The molecule has 18 heavy (non-hydrogen) atoms. The van der Waals surface area contributed by atoms with Crippen LogP contribution in [0.1, 0.15) is 19.8 Å². The number of fused-ring (bicyclic) bond motifs is 1. The van der Waals surface area contributed by atoms with Crippen LogP contribution >= 0.6 is 0 Å². The van der Waals surface area contributed by atoms with Crippen LogP contribution in [-0.2, 0) is 17.9 Å². The van der Waals surface area contributed by atoms with Gasteiger partial charge in [-0.25, -0.2) is 13.9 Å². The molecule has 0 radical (unpaired) electrons. The summed E-state index contributed by atoms with van der Waals surface area (Å²) in [7, 11) is 0. The Hall–Kier alpha value is -2.04. The molecule has 96 valence electrons. The van der Waals surface area contributed by atoms with Gasteiger partial charge in [-0.1, -0.05) is 25.5 Å². The highest BCUT2D eigenvalue weighted by Crippen LogP contribution is 2.16. The lowest BCUT2D eigenvalue weighted by molar-refractivity contribution is -0.645. The van der Waals surface area contributed by atoms with Gasteiger partial charge in [0.1, 0.15) is 11.0 Å². The Morgan fingerprint density at radius 3 is 2.83 bits per heavy atom. The second-order valence-electron chi connectivity index (χ2n) is 4.33. The summed E-state index contributed by atoms with van der Waals surface area (Å²) in [5.41, 5.74) is 7.93. The number of nitrogen functional groups attached to an aromatic ring is 1. The van der Waals surface area contributed by atoms with E-state index in [0.717, 1.165) is 30.4 Å². The first-order valence-electron chi connectivity index (χ1n) is 6.13. The van der Waals surface area contributed by atoms with E-state index in [4.69, 9.17) is 10.8 Å². The molecule has 0 bridgehead atoms. The van der Waals surface area contributed by atoms with E-state index in [1.807, 2.05) is 28.8 Å². The van der Waals surface area contributed by atoms with Crippen molar-refractivity contribution in [2.24, 2.45) is 0 Å². The number of carboxylic acids is 1. The topological polar surface area (TPSA) is 72.1 Å². The molecule has 1 aromatic heterocycles. The van der Waals surface area contributed by atoms with Gasteiger partial charge in [0, 0.05) is 0 Å². The Morgan fingerprint density at radius 1 is 1.44 bits per heavy atom. The van der Waals surface area contributed by atoms with Crippen molar-refractivity contribution in [1.29, 1.82) is 0 Å². The van der Waals surface area contributed by atoms with Crippen molar-refractivity contribution in [3.05, 3.63) is 24.3 Å². The maximum absolute atomic E-state index is 10.9. The summed E-state index contributed by atoms with van der Waals surface area (Å²) in [5.74, 6) is -0.378. The SMILES string of the molecule is CCCCn1c(N)[n+](CC(=O)O)c2ccccc21. The van der Waals surface area contributed by atoms with Crippen LogP contribution in [0.4, 0.5) is 5.95 Å². The molecule has 0 aliphatic carbocycles. The van der Waals surface area contributed by atoms with Crippen molar-refractivity contribution < 1.29 is 14.5 Å². The standard InChI is InChI=1S/C13H17N3O2/c1-2-3-8-15-10-6-4-5-7-11(10)16(13(15)14)9-12(17)18/h4-7,14H,2-3,8-9H2,1H3,(H,17,18)/p+1. The maximum Gasteiger partial charge on any atom is 0.356 e. The van der Waals surface area contributed by atoms with Gasteiger partial charge in [0.15, 0.2) is 6.54 Å². The molecule has 5 nitrogen and oxygen atoms in total. The molecule has 0 atom stereocenters. The number of nitrogens with zero attached hydrogens (tertiary/aromatic N) is 2. The van der Waals surface area contributed by atoms with Crippen molar-refractivity contribution in [3.8, 4) is 0 Å². The predicted octanol–water partition coefficient (Wildman–Crippen LogP) is 1.40. The number of aliphatic carboxylic acids is 1. The van der Waals surface area contributed by atoms with Gasteiger partial charge in [-0.05, 0) is 18.6 Å². The summed E-state index contributed by atoms with van der Waals surface area (Å²) in [6.07, 6.45) is 2.10. The molecule has 1 heterocycles. The Bertz CT molecular complexity index is 575. The second-order valence-corrected chi connectivity index (χ2v) is 4.33. The first-order chi connectivity index (χ1) is 8.65. The summed E-state index contributed by atoms with van der Waals surface area (Å²) >= 11 is 0. The van der Waals surface area contributed by atoms with Crippen LogP contribution in [0.25, 0.3) is 11.0 Å². The lowest BCUT2D eigenvalue weighted by Crippen LogP contribution is -2.40. The minimum atomic E-state index is -0.884. The van der Waals surface area contributed by atoms with Gasteiger partial charge in [-0.2, -0.15) is 0 Å². The van der Waals surface area contributed by atoms with Crippen LogP contribution in [0.5, 0.6) is 0 Å². The minimum absolute atomic E-state index is 0.106. The number of nitrogens with two attached hydrogens (primary N) is 1. The number of imidazole rings is 1. The Morgan fingerprint density at radius 2 is 2.17 bits per heavy atom. The lowest BCUT2D eigenvalue weighted by atomic mass is 10.3. The molecule has 0 saturated carbocycles. The zero-order valence-electron chi connectivity index (χ0n) is 10.5. The number of anilines is 1. The van der Waals surface area contributed by atoms with E-state index < -0.39 is 5.97 Å². The number of hydrogen-bond acceptors (Lipinski definition) is 2.